The van der Waals surface area contributed by atoms with Gasteiger partial charge in [-0.3, -0.25) is 4.79 Å². The minimum Gasteiger partial charge on any atom is -0.463 e. The number of nitrogens with one attached hydrogen (secondary N) is 2. The highest BCUT2D eigenvalue weighted by molar-refractivity contribution is 5.73. The number of fused-ring (bicyclic) bond motifs is 2. The van der Waals surface area contributed by atoms with E-state index >= 15 is 0 Å². The van der Waals surface area contributed by atoms with Crippen LogP contribution in [0.4, 0.5) is 9.59 Å². The number of ether oxygens (including phenoxy) is 4. The van der Waals surface area contributed by atoms with E-state index in [1.807, 2.05) is 27.7 Å². The molecule has 0 aromatic carbocycles. The van der Waals surface area contributed by atoms with E-state index in [1.165, 1.54) is 32.1 Å². The van der Waals surface area contributed by atoms with Crippen LogP contribution >= 0.6 is 0 Å². The van der Waals surface area contributed by atoms with Gasteiger partial charge >= 0.3 is 18.2 Å². The Bertz CT molecular complexity index is 747. The summed E-state index contributed by atoms with van der Waals surface area (Å²) in [6.07, 6.45) is 5.77. The van der Waals surface area contributed by atoms with Crippen LogP contribution in [0.15, 0.2) is 0 Å². The Hall–Kier alpha value is -2.03. The van der Waals surface area contributed by atoms with Crippen molar-refractivity contribution < 1.29 is 33.3 Å². The van der Waals surface area contributed by atoms with Gasteiger partial charge in [-0.15, -0.1) is 0 Å². The second-order valence-electron chi connectivity index (χ2n) is 12.9. The van der Waals surface area contributed by atoms with Crippen LogP contribution in [0.5, 0.6) is 0 Å². The van der Waals surface area contributed by atoms with E-state index in [0.717, 1.165) is 18.3 Å². The largest absolute Gasteiger partial charge is 0.463 e. The van der Waals surface area contributed by atoms with Crippen molar-refractivity contribution in [1.29, 1.82) is 0 Å². The van der Waals surface area contributed by atoms with Crippen molar-refractivity contribution in [2.75, 3.05) is 19.8 Å². The normalized spacial score (nSPS) is 23.9. The van der Waals surface area contributed by atoms with Gasteiger partial charge in [-0.1, -0.05) is 12.8 Å². The quantitative estimate of drug-likeness (QED) is 0.216. The molecule has 0 unspecified atom stereocenters. The lowest BCUT2D eigenvalue weighted by molar-refractivity contribution is -0.154. The molecule has 9 nitrogen and oxygen atoms in total. The van der Waals surface area contributed by atoms with Crippen LogP contribution < -0.4 is 10.6 Å². The Morgan fingerprint density at radius 3 is 2.00 bits per heavy atom. The van der Waals surface area contributed by atoms with Crippen LogP contribution in [0.1, 0.15) is 93.9 Å². The Morgan fingerprint density at radius 1 is 0.865 bits per heavy atom. The average molecular weight is 527 g/mol. The number of carbonyl (C=O) groups excluding carboxylic acids is 3. The zero-order valence-corrected chi connectivity index (χ0v) is 24.2. The van der Waals surface area contributed by atoms with Crippen LogP contribution in [0.3, 0.4) is 0 Å². The molecule has 2 N–H and O–H groups in total. The minimum absolute atomic E-state index is 0.0446. The van der Waals surface area contributed by atoms with E-state index in [2.05, 4.69) is 10.6 Å². The Balaban J connectivity index is 1.87. The molecule has 2 bridgehead atoms. The van der Waals surface area contributed by atoms with Crippen LogP contribution in [-0.4, -0.2) is 61.3 Å². The Labute approximate surface area is 223 Å². The average Bonchev–Trinajstić information content (AvgIpc) is 3.08. The van der Waals surface area contributed by atoms with Crippen molar-refractivity contribution >= 4 is 18.2 Å². The number of amides is 2. The number of carbonyl (C=O) groups is 3. The molecule has 6 atom stereocenters. The first-order chi connectivity index (χ1) is 17.1. The first kappa shape index (κ1) is 31.2. The van der Waals surface area contributed by atoms with Gasteiger partial charge in [0.1, 0.15) is 17.8 Å². The second kappa shape index (κ2) is 13.7. The maximum absolute atomic E-state index is 12.9. The van der Waals surface area contributed by atoms with Gasteiger partial charge in [0.25, 0.3) is 0 Å². The highest BCUT2D eigenvalue weighted by Gasteiger charge is 2.37. The summed E-state index contributed by atoms with van der Waals surface area (Å²) in [5.74, 6) is 1.27. The maximum Gasteiger partial charge on any atom is 0.407 e. The first-order valence-corrected chi connectivity index (χ1v) is 13.9. The molecule has 2 rings (SSSR count). The number of alkyl carbamates (subject to hydrolysis) is 2. The fraction of sp³-hybridized carbons (Fsp3) is 0.893. The van der Waals surface area contributed by atoms with Crippen LogP contribution in [0.2, 0.25) is 0 Å². The summed E-state index contributed by atoms with van der Waals surface area (Å²) in [6, 6.07) is -0.391. The minimum atomic E-state index is -0.601. The lowest BCUT2D eigenvalue weighted by atomic mass is 9.77. The molecule has 214 valence electrons. The fourth-order valence-corrected chi connectivity index (χ4v) is 5.30. The molecule has 2 aliphatic rings. The maximum atomic E-state index is 12.9. The van der Waals surface area contributed by atoms with Gasteiger partial charge in [-0.05, 0) is 98.8 Å². The molecule has 0 aliphatic heterocycles. The number of rotatable bonds is 11. The molecule has 0 heterocycles. The molecular weight excluding hydrogens is 476 g/mol. The van der Waals surface area contributed by atoms with Crippen molar-refractivity contribution in [3.05, 3.63) is 0 Å². The number of esters is 1. The topological polar surface area (TPSA) is 112 Å². The van der Waals surface area contributed by atoms with E-state index in [4.69, 9.17) is 18.9 Å². The third-order valence-electron chi connectivity index (χ3n) is 6.82. The highest BCUT2D eigenvalue weighted by Crippen LogP contribution is 2.46. The molecule has 0 saturated heterocycles. The van der Waals surface area contributed by atoms with E-state index in [-0.39, 0.29) is 25.3 Å². The van der Waals surface area contributed by atoms with Gasteiger partial charge in [-0.2, -0.15) is 0 Å². The SMILES string of the molecule is C[C@H](COC(=O)[C@H](C)[C@@H](C[C@@H]1C[C@@H]2CC[C@@H](C2)C1)OCCNC(=O)OC(C)(C)C)NC(=O)OC(C)(C)C. The molecular formula is C28H50N2O7. The molecule has 0 radical (unpaired) electrons. The third-order valence-corrected chi connectivity index (χ3v) is 6.82. The predicted octanol–water partition coefficient (Wildman–Crippen LogP) is 5.21. The Morgan fingerprint density at radius 2 is 1.43 bits per heavy atom. The molecule has 2 aliphatic carbocycles. The number of hydrogen-bond acceptors (Lipinski definition) is 7. The standard InChI is InChI=1S/C28H50N2O7/c1-18(30-26(33)37-28(6,7)8)17-35-24(31)19(2)23(16-22-14-20-9-10-21(13-20)15-22)34-12-11-29-25(32)36-27(3,4)5/h18-23H,9-17H2,1-8H3,(H,29,32)(H,30,33)/t18-,19-,20-,21+,22-,23-/m1/s1. The molecule has 2 amide bonds. The lowest BCUT2D eigenvalue weighted by Gasteiger charge is -2.32. The molecule has 0 aromatic rings. The van der Waals surface area contributed by atoms with Crippen LogP contribution in [-0.2, 0) is 23.7 Å². The smallest absolute Gasteiger partial charge is 0.407 e. The van der Waals surface area contributed by atoms with Crippen molar-refractivity contribution in [3.8, 4) is 0 Å². The predicted molar refractivity (Wildman–Crippen MR) is 141 cm³/mol. The summed E-state index contributed by atoms with van der Waals surface area (Å²) in [6.45, 7) is 15.0. The summed E-state index contributed by atoms with van der Waals surface area (Å²) in [5, 5.41) is 5.40. The van der Waals surface area contributed by atoms with Crippen molar-refractivity contribution in [1.82, 2.24) is 10.6 Å². The van der Waals surface area contributed by atoms with Gasteiger partial charge in [0.15, 0.2) is 0 Å². The summed E-state index contributed by atoms with van der Waals surface area (Å²) in [5.41, 5.74) is -1.17. The van der Waals surface area contributed by atoms with Gasteiger partial charge < -0.3 is 29.6 Å². The van der Waals surface area contributed by atoms with E-state index in [0.29, 0.717) is 12.5 Å². The van der Waals surface area contributed by atoms with Crippen LogP contribution in [0.25, 0.3) is 0 Å². The fourth-order valence-electron chi connectivity index (χ4n) is 5.30. The van der Waals surface area contributed by atoms with Crippen molar-refractivity contribution in [3.63, 3.8) is 0 Å². The highest BCUT2D eigenvalue weighted by atomic mass is 16.6. The van der Waals surface area contributed by atoms with E-state index < -0.39 is 35.3 Å². The molecule has 2 saturated carbocycles. The number of hydrogen-bond donors (Lipinski definition) is 2. The second-order valence-corrected chi connectivity index (χ2v) is 12.9. The summed E-state index contributed by atoms with van der Waals surface area (Å²) >= 11 is 0. The van der Waals surface area contributed by atoms with Crippen molar-refractivity contribution in [2.24, 2.45) is 23.7 Å². The summed E-state index contributed by atoms with van der Waals surface area (Å²) < 4.78 is 22.2. The zero-order chi connectivity index (χ0) is 27.8. The first-order valence-electron chi connectivity index (χ1n) is 13.9. The van der Waals surface area contributed by atoms with Gasteiger partial charge in [0.2, 0.25) is 0 Å². The van der Waals surface area contributed by atoms with Gasteiger partial charge in [-0.25, -0.2) is 9.59 Å². The summed E-state index contributed by atoms with van der Waals surface area (Å²) in [7, 11) is 0. The summed E-state index contributed by atoms with van der Waals surface area (Å²) in [4.78, 5) is 36.9. The molecule has 0 aromatic heterocycles. The third kappa shape index (κ3) is 12.4. The van der Waals surface area contributed by atoms with Crippen LogP contribution in [0, 0.1) is 23.7 Å². The van der Waals surface area contributed by atoms with E-state index in [9.17, 15) is 14.4 Å². The Kier molecular flexibility index (Phi) is 11.5. The van der Waals surface area contributed by atoms with Gasteiger partial charge in [0.05, 0.1) is 24.7 Å². The van der Waals surface area contributed by atoms with E-state index in [1.54, 1.807) is 27.7 Å². The lowest BCUT2D eigenvalue weighted by Crippen LogP contribution is -2.41. The molecule has 0 spiro atoms. The van der Waals surface area contributed by atoms with Gasteiger partial charge in [0, 0.05) is 6.54 Å². The molecule has 37 heavy (non-hydrogen) atoms. The molecule has 2 fully saturated rings. The zero-order valence-electron chi connectivity index (χ0n) is 24.2. The molecule has 9 heteroatoms. The monoisotopic (exact) mass is 526 g/mol. The van der Waals surface area contributed by atoms with Crippen molar-refractivity contribution in [2.45, 2.75) is 117 Å².